The van der Waals surface area contributed by atoms with E-state index in [0.717, 1.165) is 12.0 Å². The first-order valence-electron chi connectivity index (χ1n) is 8.80. The SMILES string of the molecule is Cc1cc(C)c(C2C=C(C3(C)CC(=O)N(C)C(N)=N3)C=CC2)c(C)c1. The van der Waals surface area contributed by atoms with Crippen LogP contribution in [0.3, 0.4) is 0 Å². The van der Waals surface area contributed by atoms with Crippen molar-refractivity contribution in [2.45, 2.75) is 52.0 Å². The highest BCUT2D eigenvalue weighted by Crippen LogP contribution is 2.38. The average molecular weight is 337 g/mol. The molecule has 2 atom stereocenters. The van der Waals surface area contributed by atoms with Crippen molar-refractivity contribution in [1.82, 2.24) is 4.90 Å². The zero-order valence-corrected chi connectivity index (χ0v) is 15.8. The van der Waals surface area contributed by atoms with E-state index in [1.165, 1.54) is 27.2 Å². The van der Waals surface area contributed by atoms with E-state index in [9.17, 15) is 4.79 Å². The van der Waals surface area contributed by atoms with Crippen LogP contribution in [0.25, 0.3) is 0 Å². The molecule has 2 N–H and O–H groups in total. The van der Waals surface area contributed by atoms with Crippen LogP contribution in [0.2, 0.25) is 0 Å². The predicted molar refractivity (Wildman–Crippen MR) is 103 cm³/mol. The number of aryl methyl sites for hydroxylation is 3. The van der Waals surface area contributed by atoms with Gasteiger partial charge in [-0.25, -0.2) is 4.99 Å². The topological polar surface area (TPSA) is 58.7 Å². The Labute approximate surface area is 150 Å². The first-order valence-corrected chi connectivity index (χ1v) is 8.80. The number of carbonyl (C=O) groups is 1. The van der Waals surface area contributed by atoms with Crippen molar-refractivity contribution in [2.75, 3.05) is 7.05 Å². The summed E-state index contributed by atoms with van der Waals surface area (Å²) in [5.41, 5.74) is 11.8. The number of guanidine groups is 1. The smallest absolute Gasteiger partial charge is 0.231 e. The van der Waals surface area contributed by atoms with Crippen LogP contribution in [0, 0.1) is 20.8 Å². The molecule has 2 unspecified atom stereocenters. The molecule has 1 aromatic carbocycles. The van der Waals surface area contributed by atoms with Crippen molar-refractivity contribution in [3.8, 4) is 0 Å². The van der Waals surface area contributed by atoms with Crippen molar-refractivity contribution in [2.24, 2.45) is 10.7 Å². The van der Waals surface area contributed by atoms with Gasteiger partial charge in [0.15, 0.2) is 5.96 Å². The minimum atomic E-state index is -0.588. The van der Waals surface area contributed by atoms with Gasteiger partial charge in [0.1, 0.15) is 0 Å². The van der Waals surface area contributed by atoms with Crippen LogP contribution in [0.5, 0.6) is 0 Å². The molecule has 25 heavy (non-hydrogen) atoms. The van der Waals surface area contributed by atoms with Crippen molar-refractivity contribution >= 4 is 11.9 Å². The van der Waals surface area contributed by atoms with Crippen LogP contribution in [0.4, 0.5) is 0 Å². The number of amides is 1. The number of hydrogen-bond donors (Lipinski definition) is 1. The van der Waals surface area contributed by atoms with Gasteiger partial charge in [-0.05, 0) is 56.4 Å². The van der Waals surface area contributed by atoms with Gasteiger partial charge >= 0.3 is 0 Å². The molecule has 0 bridgehead atoms. The fourth-order valence-corrected chi connectivity index (χ4v) is 4.09. The molecule has 0 aromatic heterocycles. The Bertz CT molecular complexity index is 795. The molecule has 0 saturated heterocycles. The summed E-state index contributed by atoms with van der Waals surface area (Å²) in [4.78, 5) is 18.3. The number of allylic oxidation sites excluding steroid dienone is 2. The third-order valence-electron chi connectivity index (χ3n) is 5.37. The van der Waals surface area contributed by atoms with E-state index in [1.54, 1.807) is 7.05 Å². The molecule has 0 saturated carbocycles. The van der Waals surface area contributed by atoms with Crippen molar-refractivity contribution in [3.63, 3.8) is 0 Å². The van der Waals surface area contributed by atoms with Crippen LogP contribution in [0.1, 0.15) is 47.9 Å². The number of benzene rings is 1. The summed E-state index contributed by atoms with van der Waals surface area (Å²) in [6.45, 7) is 8.49. The lowest BCUT2D eigenvalue weighted by molar-refractivity contribution is -0.128. The predicted octanol–water partition coefficient (Wildman–Crippen LogP) is 3.52. The number of nitrogens with zero attached hydrogens (tertiary/aromatic N) is 2. The summed E-state index contributed by atoms with van der Waals surface area (Å²) < 4.78 is 0. The fraction of sp³-hybridized carbons (Fsp3) is 0.429. The summed E-state index contributed by atoms with van der Waals surface area (Å²) in [5, 5.41) is 0. The minimum absolute atomic E-state index is 0.00844. The second-order valence-corrected chi connectivity index (χ2v) is 7.55. The number of rotatable bonds is 2. The second-order valence-electron chi connectivity index (χ2n) is 7.55. The highest BCUT2D eigenvalue weighted by Gasteiger charge is 2.37. The van der Waals surface area contributed by atoms with Gasteiger partial charge in [-0.1, -0.05) is 35.9 Å². The molecule has 1 aromatic rings. The highest BCUT2D eigenvalue weighted by molar-refractivity contribution is 5.99. The maximum atomic E-state index is 12.3. The standard InChI is InChI=1S/C21H27N3O/c1-13-9-14(2)19(15(3)10-13)16-7-6-8-17(11-16)21(4)12-18(25)24(5)20(22)23-21/h6,8-11,16H,7,12H2,1-5H3,(H2,22,23). The molecule has 4 heteroatoms. The van der Waals surface area contributed by atoms with Gasteiger partial charge in [0, 0.05) is 13.0 Å². The third-order valence-corrected chi connectivity index (χ3v) is 5.37. The van der Waals surface area contributed by atoms with Gasteiger partial charge in [-0.3, -0.25) is 9.69 Å². The monoisotopic (exact) mass is 337 g/mol. The first-order chi connectivity index (χ1) is 11.7. The molecule has 0 fully saturated rings. The number of carbonyl (C=O) groups excluding carboxylic acids is 1. The zero-order chi connectivity index (χ0) is 18.4. The van der Waals surface area contributed by atoms with Crippen LogP contribution < -0.4 is 5.73 Å². The molecule has 4 nitrogen and oxygen atoms in total. The molecule has 0 spiro atoms. The Balaban J connectivity index is 2.02. The average Bonchev–Trinajstić information content (AvgIpc) is 2.52. The first kappa shape index (κ1) is 17.5. The lowest BCUT2D eigenvalue weighted by Crippen LogP contribution is -2.49. The lowest BCUT2D eigenvalue weighted by Gasteiger charge is -2.36. The van der Waals surface area contributed by atoms with Gasteiger partial charge in [-0.2, -0.15) is 0 Å². The fourth-order valence-electron chi connectivity index (χ4n) is 4.09. The van der Waals surface area contributed by atoms with Crippen molar-refractivity contribution in [3.05, 3.63) is 58.2 Å². The maximum Gasteiger partial charge on any atom is 0.231 e. The Hall–Kier alpha value is -2.36. The molecule has 1 amide bonds. The summed E-state index contributed by atoms with van der Waals surface area (Å²) in [6, 6.07) is 4.48. The van der Waals surface area contributed by atoms with Crippen molar-refractivity contribution < 1.29 is 4.79 Å². The number of aliphatic imine (C=N–C) groups is 1. The normalized spacial score (nSPS) is 26.5. The second kappa shape index (κ2) is 6.17. The van der Waals surface area contributed by atoms with E-state index in [4.69, 9.17) is 5.73 Å². The molecule has 2 aliphatic rings. The largest absolute Gasteiger partial charge is 0.369 e. The van der Waals surface area contributed by atoms with E-state index >= 15 is 0 Å². The molecular formula is C21H27N3O. The molecule has 0 radical (unpaired) electrons. The number of nitrogens with two attached hydrogens (primary N) is 1. The molecule has 1 heterocycles. The summed E-state index contributed by atoms with van der Waals surface area (Å²) in [7, 11) is 1.67. The Morgan fingerprint density at radius 2 is 1.88 bits per heavy atom. The van der Waals surface area contributed by atoms with Gasteiger partial charge in [0.2, 0.25) is 5.91 Å². The number of hydrogen-bond acceptors (Lipinski definition) is 3. The van der Waals surface area contributed by atoms with Gasteiger partial charge in [0.05, 0.1) is 12.0 Å². The minimum Gasteiger partial charge on any atom is -0.369 e. The quantitative estimate of drug-likeness (QED) is 0.897. The molecule has 1 aliphatic heterocycles. The van der Waals surface area contributed by atoms with E-state index in [2.05, 4.69) is 56.1 Å². The summed E-state index contributed by atoms with van der Waals surface area (Å²) >= 11 is 0. The Morgan fingerprint density at radius 1 is 1.24 bits per heavy atom. The van der Waals surface area contributed by atoms with Gasteiger partial charge in [-0.15, -0.1) is 0 Å². The van der Waals surface area contributed by atoms with Crippen LogP contribution in [-0.2, 0) is 4.79 Å². The third kappa shape index (κ3) is 3.13. The molecule has 3 rings (SSSR count). The summed E-state index contributed by atoms with van der Waals surface area (Å²) in [5.74, 6) is 0.607. The Morgan fingerprint density at radius 3 is 2.48 bits per heavy atom. The van der Waals surface area contributed by atoms with E-state index in [0.29, 0.717) is 12.3 Å². The van der Waals surface area contributed by atoms with Gasteiger partial charge in [0.25, 0.3) is 0 Å². The molecule has 1 aliphatic carbocycles. The van der Waals surface area contributed by atoms with E-state index in [-0.39, 0.29) is 11.9 Å². The van der Waals surface area contributed by atoms with Crippen LogP contribution in [-0.4, -0.2) is 29.4 Å². The van der Waals surface area contributed by atoms with Crippen LogP contribution in [0.15, 0.2) is 40.9 Å². The Kier molecular flexibility index (Phi) is 4.31. The van der Waals surface area contributed by atoms with Gasteiger partial charge < -0.3 is 5.73 Å². The maximum absolute atomic E-state index is 12.3. The molecule has 132 valence electrons. The lowest BCUT2D eigenvalue weighted by atomic mass is 9.78. The van der Waals surface area contributed by atoms with E-state index in [1.807, 2.05) is 6.92 Å². The highest BCUT2D eigenvalue weighted by atomic mass is 16.2. The van der Waals surface area contributed by atoms with E-state index < -0.39 is 5.54 Å². The zero-order valence-electron chi connectivity index (χ0n) is 15.8. The molecular weight excluding hydrogens is 310 g/mol. The van der Waals surface area contributed by atoms with Crippen molar-refractivity contribution in [1.29, 1.82) is 0 Å². The van der Waals surface area contributed by atoms with Crippen LogP contribution >= 0.6 is 0 Å². The summed E-state index contributed by atoms with van der Waals surface area (Å²) in [6.07, 6.45) is 7.89.